The summed E-state index contributed by atoms with van der Waals surface area (Å²) in [7, 11) is 0. The van der Waals surface area contributed by atoms with Gasteiger partial charge in [-0.05, 0) is 74.6 Å². The highest BCUT2D eigenvalue weighted by Gasteiger charge is 2.29. The number of nitrogens with one attached hydrogen (secondary N) is 2. The number of anilines is 2. The van der Waals surface area contributed by atoms with Crippen LogP contribution < -0.4 is 15.4 Å². The lowest BCUT2D eigenvalue weighted by Crippen LogP contribution is -2.17. The second-order valence-corrected chi connectivity index (χ2v) is 7.67. The standard InChI is InChI=1S/C23H26N2O4/c1-15-20(24-22(26)16-7-8-16)5-2-6-21(15)25-23(27)17-9-11-18(12-10-17)29-14-19-4-3-13-28-19/h2,5-6,9-12,16,19H,3-4,7-8,13-14H2,1H3,(H,24,26)(H,25,27). The topological polar surface area (TPSA) is 76.7 Å². The Kier molecular flexibility index (Phi) is 5.81. The fourth-order valence-corrected chi connectivity index (χ4v) is 3.35. The van der Waals surface area contributed by atoms with E-state index in [1.165, 1.54) is 0 Å². The first-order valence-corrected chi connectivity index (χ1v) is 10.2. The monoisotopic (exact) mass is 394 g/mol. The fraction of sp³-hybridized carbons (Fsp3) is 0.391. The van der Waals surface area contributed by atoms with Crippen molar-refractivity contribution in [1.29, 1.82) is 0 Å². The van der Waals surface area contributed by atoms with Crippen molar-refractivity contribution < 1.29 is 19.1 Å². The Morgan fingerprint density at radius 2 is 1.76 bits per heavy atom. The maximum absolute atomic E-state index is 12.6. The normalized spacial score (nSPS) is 18.3. The summed E-state index contributed by atoms with van der Waals surface area (Å²) in [5.41, 5.74) is 2.80. The van der Waals surface area contributed by atoms with E-state index in [1.54, 1.807) is 24.3 Å². The molecule has 1 heterocycles. The van der Waals surface area contributed by atoms with Crippen LogP contribution in [0.2, 0.25) is 0 Å². The third-order valence-corrected chi connectivity index (χ3v) is 5.36. The molecule has 0 radical (unpaired) electrons. The van der Waals surface area contributed by atoms with E-state index in [0.29, 0.717) is 17.9 Å². The SMILES string of the molecule is Cc1c(NC(=O)c2ccc(OCC3CCCO3)cc2)cccc1NC(=O)C1CC1. The molecule has 29 heavy (non-hydrogen) atoms. The average Bonchev–Trinajstić information content (AvgIpc) is 3.46. The quantitative estimate of drug-likeness (QED) is 0.740. The van der Waals surface area contributed by atoms with Gasteiger partial charge in [-0.3, -0.25) is 9.59 Å². The molecule has 6 nitrogen and oxygen atoms in total. The molecule has 0 spiro atoms. The summed E-state index contributed by atoms with van der Waals surface area (Å²) in [5, 5.41) is 5.88. The Bertz CT molecular complexity index is 884. The lowest BCUT2D eigenvalue weighted by molar-refractivity contribution is -0.117. The van der Waals surface area contributed by atoms with Crippen LogP contribution in [0, 0.1) is 12.8 Å². The summed E-state index contributed by atoms with van der Waals surface area (Å²) < 4.78 is 11.3. The highest BCUT2D eigenvalue weighted by molar-refractivity contribution is 6.05. The van der Waals surface area contributed by atoms with Gasteiger partial charge in [0.1, 0.15) is 12.4 Å². The summed E-state index contributed by atoms with van der Waals surface area (Å²) in [4.78, 5) is 24.7. The molecule has 2 fully saturated rings. The van der Waals surface area contributed by atoms with Crippen molar-refractivity contribution in [3.05, 3.63) is 53.6 Å². The molecule has 2 aromatic rings. The minimum absolute atomic E-state index is 0.0511. The minimum Gasteiger partial charge on any atom is -0.491 e. The Hall–Kier alpha value is -2.86. The van der Waals surface area contributed by atoms with Crippen LogP contribution in [-0.2, 0) is 9.53 Å². The predicted octanol–water partition coefficient (Wildman–Crippen LogP) is 4.15. The zero-order valence-corrected chi connectivity index (χ0v) is 16.6. The van der Waals surface area contributed by atoms with Gasteiger partial charge in [-0.15, -0.1) is 0 Å². The van der Waals surface area contributed by atoms with Crippen molar-refractivity contribution in [3.8, 4) is 5.75 Å². The molecule has 2 aromatic carbocycles. The van der Waals surface area contributed by atoms with Crippen LogP contribution in [0.1, 0.15) is 41.6 Å². The van der Waals surface area contributed by atoms with Crippen LogP contribution in [-0.4, -0.2) is 31.1 Å². The molecule has 1 aliphatic heterocycles. The van der Waals surface area contributed by atoms with E-state index in [9.17, 15) is 9.59 Å². The third kappa shape index (κ3) is 4.95. The molecule has 2 aliphatic rings. The molecule has 4 rings (SSSR count). The van der Waals surface area contributed by atoms with E-state index in [2.05, 4.69) is 10.6 Å². The molecule has 6 heteroatoms. The summed E-state index contributed by atoms with van der Waals surface area (Å²) in [6, 6.07) is 12.6. The van der Waals surface area contributed by atoms with Gasteiger partial charge in [-0.2, -0.15) is 0 Å². The van der Waals surface area contributed by atoms with Gasteiger partial charge in [0.05, 0.1) is 6.10 Å². The number of hydrogen-bond donors (Lipinski definition) is 2. The van der Waals surface area contributed by atoms with Crippen LogP contribution in [0.15, 0.2) is 42.5 Å². The van der Waals surface area contributed by atoms with Gasteiger partial charge >= 0.3 is 0 Å². The first-order valence-electron chi connectivity index (χ1n) is 10.2. The predicted molar refractivity (Wildman–Crippen MR) is 111 cm³/mol. The number of carbonyl (C=O) groups is 2. The third-order valence-electron chi connectivity index (χ3n) is 5.36. The molecule has 0 aromatic heterocycles. The maximum atomic E-state index is 12.6. The second kappa shape index (κ2) is 8.66. The van der Waals surface area contributed by atoms with Crippen molar-refractivity contribution in [1.82, 2.24) is 0 Å². The number of benzene rings is 2. The largest absolute Gasteiger partial charge is 0.491 e. The number of carbonyl (C=O) groups excluding carboxylic acids is 2. The Morgan fingerprint density at radius 1 is 1.03 bits per heavy atom. The van der Waals surface area contributed by atoms with Gasteiger partial charge in [0, 0.05) is 29.5 Å². The lowest BCUT2D eigenvalue weighted by Gasteiger charge is -2.14. The van der Waals surface area contributed by atoms with Crippen molar-refractivity contribution in [3.63, 3.8) is 0 Å². The van der Waals surface area contributed by atoms with Crippen molar-refractivity contribution in [2.45, 2.75) is 38.7 Å². The van der Waals surface area contributed by atoms with Gasteiger partial charge in [0.2, 0.25) is 5.91 Å². The average molecular weight is 394 g/mol. The molecular weight excluding hydrogens is 368 g/mol. The van der Waals surface area contributed by atoms with Gasteiger partial charge in [0.15, 0.2) is 0 Å². The number of rotatable bonds is 7. The van der Waals surface area contributed by atoms with E-state index in [-0.39, 0.29) is 23.8 Å². The maximum Gasteiger partial charge on any atom is 0.255 e. The van der Waals surface area contributed by atoms with E-state index in [1.807, 2.05) is 25.1 Å². The van der Waals surface area contributed by atoms with Gasteiger partial charge in [-0.1, -0.05) is 6.07 Å². The van der Waals surface area contributed by atoms with Crippen LogP contribution in [0.5, 0.6) is 5.75 Å². The lowest BCUT2D eigenvalue weighted by atomic mass is 10.1. The van der Waals surface area contributed by atoms with E-state index >= 15 is 0 Å². The first-order chi connectivity index (χ1) is 14.1. The Labute approximate surface area is 170 Å². The Balaban J connectivity index is 1.36. The molecule has 1 atom stereocenters. The van der Waals surface area contributed by atoms with Crippen molar-refractivity contribution >= 4 is 23.2 Å². The highest BCUT2D eigenvalue weighted by Crippen LogP contribution is 2.31. The molecule has 1 unspecified atom stereocenters. The summed E-state index contributed by atoms with van der Waals surface area (Å²) >= 11 is 0. The molecule has 1 aliphatic carbocycles. The zero-order valence-electron chi connectivity index (χ0n) is 16.6. The van der Waals surface area contributed by atoms with Crippen LogP contribution in [0.4, 0.5) is 11.4 Å². The Morgan fingerprint density at radius 3 is 2.41 bits per heavy atom. The number of amides is 2. The smallest absolute Gasteiger partial charge is 0.255 e. The molecular formula is C23H26N2O4. The van der Waals surface area contributed by atoms with Crippen LogP contribution in [0.25, 0.3) is 0 Å². The molecule has 152 valence electrons. The second-order valence-electron chi connectivity index (χ2n) is 7.67. The van der Waals surface area contributed by atoms with E-state index in [4.69, 9.17) is 9.47 Å². The summed E-state index contributed by atoms with van der Waals surface area (Å²) in [5.74, 6) is 0.700. The minimum atomic E-state index is -0.204. The van der Waals surface area contributed by atoms with Crippen LogP contribution >= 0.6 is 0 Å². The molecule has 1 saturated heterocycles. The van der Waals surface area contributed by atoms with E-state index in [0.717, 1.165) is 49.3 Å². The molecule has 2 N–H and O–H groups in total. The molecule has 2 amide bonds. The fourth-order valence-electron chi connectivity index (χ4n) is 3.35. The zero-order chi connectivity index (χ0) is 20.2. The summed E-state index contributed by atoms with van der Waals surface area (Å²) in [6.07, 6.45) is 4.18. The van der Waals surface area contributed by atoms with Gasteiger partial charge < -0.3 is 20.1 Å². The van der Waals surface area contributed by atoms with Crippen molar-refractivity contribution in [2.75, 3.05) is 23.8 Å². The van der Waals surface area contributed by atoms with Crippen LogP contribution in [0.3, 0.4) is 0 Å². The number of ether oxygens (including phenoxy) is 2. The summed E-state index contributed by atoms with van der Waals surface area (Å²) in [6.45, 7) is 3.22. The first kappa shape index (κ1) is 19.5. The van der Waals surface area contributed by atoms with Gasteiger partial charge in [-0.25, -0.2) is 0 Å². The molecule has 1 saturated carbocycles. The highest BCUT2D eigenvalue weighted by atomic mass is 16.5. The number of hydrogen-bond acceptors (Lipinski definition) is 4. The van der Waals surface area contributed by atoms with E-state index < -0.39 is 0 Å². The van der Waals surface area contributed by atoms with Gasteiger partial charge in [0.25, 0.3) is 5.91 Å². The van der Waals surface area contributed by atoms with Crippen molar-refractivity contribution in [2.24, 2.45) is 5.92 Å². The molecule has 0 bridgehead atoms.